The molecule has 39 heavy (non-hydrogen) atoms. The van der Waals surface area contributed by atoms with Crippen molar-refractivity contribution in [1.29, 1.82) is 0 Å². The number of benzene rings is 1. The van der Waals surface area contributed by atoms with Crippen LogP contribution in [-0.4, -0.2) is 73.6 Å². The highest BCUT2D eigenvalue weighted by molar-refractivity contribution is 5.93. The second-order valence-electron chi connectivity index (χ2n) is 9.69. The standard InChI is InChI=1S/C26H29F3N6O4/c1-14(2)7-15-3-5-16(6-4-15)24-31-8-17(9-32-24)25(38)33-10-19-23(37)22(36)18(13-39-19)34-21-12-30-11-20(35-21)26(27,28)29/h3-6,8-9,11-12,14,18-19,22-23,36-37H,7,10,13H2,1-2H3,(H,33,38)(H,34,35)/t18-,19+,22+,23-/m0/s1. The van der Waals surface area contributed by atoms with Crippen molar-refractivity contribution in [2.75, 3.05) is 18.5 Å². The molecule has 0 spiro atoms. The van der Waals surface area contributed by atoms with Crippen LogP contribution >= 0.6 is 0 Å². The topological polar surface area (TPSA) is 142 Å². The van der Waals surface area contributed by atoms with Crippen LogP contribution in [0.5, 0.6) is 0 Å². The summed E-state index contributed by atoms with van der Waals surface area (Å²) in [6.45, 7) is 4.01. The number of carbonyl (C=O) groups excluding carboxylic acids is 1. The largest absolute Gasteiger partial charge is 0.434 e. The molecule has 4 N–H and O–H groups in total. The lowest BCUT2D eigenvalue weighted by Crippen LogP contribution is -2.58. The number of aliphatic hydroxyl groups excluding tert-OH is 2. The molecule has 13 heteroatoms. The number of halogens is 3. The van der Waals surface area contributed by atoms with Gasteiger partial charge in [0.2, 0.25) is 0 Å². The van der Waals surface area contributed by atoms with Gasteiger partial charge in [0.1, 0.15) is 24.1 Å². The fraction of sp³-hybridized carbons (Fsp3) is 0.423. The highest BCUT2D eigenvalue weighted by Crippen LogP contribution is 2.28. The van der Waals surface area contributed by atoms with E-state index in [1.165, 1.54) is 18.0 Å². The Balaban J connectivity index is 1.29. The third-order valence-corrected chi connectivity index (χ3v) is 6.13. The first kappa shape index (κ1) is 28.3. The van der Waals surface area contributed by atoms with E-state index in [-0.39, 0.29) is 24.5 Å². The zero-order valence-corrected chi connectivity index (χ0v) is 21.3. The summed E-state index contributed by atoms with van der Waals surface area (Å²) in [6, 6.07) is 6.96. The van der Waals surface area contributed by atoms with Crippen LogP contribution in [0, 0.1) is 5.92 Å². The van der Waals surface area contributed by atoms with Gasteiger partial charge in [-0.25, -0.2) is 15.0 Å². The monoisotopic (exact) mass is 546 g/mol. The average molecular weight is 547 g/mol. The van der Waals surface area contributed by atoms with Crippen LogP contribution in [0.15, 0.2) is 49.1 Å². The van der Waals surface area contributed by atoms with E-state index in [1.807, 2.05) is 24.3 Å². The molecule has 0 bridgehead atoms. The first-order chi connectivity index (χ1) is 18.5. The van der Waals surface area contributed by atoms with Crippen molar-refractivity contribution in [1.82, 2.24) is 25.3 Å². The Morgan fingerprint density at radius 2 is 1.77 bits per heavy atom. The molecule has 0 radical (unpaired) electrons. The van der Waals surface area contributed by atoms with E-state index in [0.29, 0.717) is 17.9 Å². The molecule has 0 aliphatic carbocycles. The number of rotatable bonds is 8. The summed E-state index contributed by atoms with van der Waals surface area (Å²) in [7, 11) is 0. The zero-order valence-electron chi connectivity index (χ0n) is 21.3. The molecule has 1 aliphatic heterocycles. The maximum Gasteiger partial charge on any atom is 0.434 e. The Morgan fingerprint density at radius 3 is 2.41 bits per heavy atom. The molecule has 3 aromatic rings. The fourth-order valence-corrected chi connectivity index (χ4v) is 4.10. The summed E-state index contributed by atoms with van der Waals surface area (Å²) in [5.74, 6) is 0.288. The van der Waals surface area contributed by atoms with E-state index >= 15 is 0 Å². The van der Waals surface area contributed by atoms with Crippen LogP contribution in [-0.2, 0) is 17.3 Å². The van der Waals surface area contributed by atoms with Gasteiger partial charge in [-0.15, -0.1) is 0 Å². The predicted molar refractivity (Wildman–Crippen MR) is 135 cm³/mol. The molecule has 3 heterocycles. The summed E-state index contributed by atoms with van der Waals surface area (Å²) in [5, 5.41) is 26.2. The van der Waals surface area contributed by atoms with Gasteiger partial charge in [-0.05, 0) is 17.9 Å². The van der Waals surface area contributed by atoms with Crippen molar-refractivity contribution in [3.8, 4) is 11.4 Å². The number of aromatic nitrogens is 4. The first-order valence-electron chi connectivity index (χ1n) is 12.3. The van der Waals surface area contributed by atoms with Crippen LogP contribution in [0.25, 0.3) is 11.4 Å². The maximum atomic E-state index is 12.9. The third kappa shape index (κ3) is 7.25. The molecular weight excluding hydrogens is 517 g/mol. The lowest BCUT2D eigenvalue weighted by molar-refractivity contribution is -0.141. The summed E-state index contributed by atoms with van der Waals surface area (Å²) < 4.78 is 44.2. The molecule has 4 rings (SSSR count). The second-order valence-corrected chi connectivity index (χ2v) is 9.69. The van der Waals surface area contributed by atoms with Crippen LogP contribution < -0.4 is 10.6 Å². The van der Waals surface area contributed by atoms with E-state index in [1.54, 1.807) is 0 Å². The molecule has 2 aromatic heterocycles. The van der Waals surface area contributed by atoms with E-state index < -0.39 is 42.1 Å². The van der Waals surface area contributed by atoms with Crippen molar-refractivity contribution in [3.05, 3.63) is 65.9 Å². The fourth-order valence-electron chi connectivity index (χ4n) is 4.10. The molecule has 10 nitrogen and oxygen atoms in total. The van der Waals surface area contributed by atoms with Crippen molar-refractivity contribution in [2.24, 2.45) is 5.92 Å². The van der Waals surface area contributed by atoms with E-state index in [4.69, 9.17) is 4.74 Å². The van der Waals surface area contributed by atoms with Crippen molar-refractivity contribution in [3.63, 3.8) is 0 Å². The van der Waals surface area contributed by atoms with Gasteiger partial charge in [-0.2, -0.15) is 13.2 Å². The number of nitrogens with one attached hydrogen (secondary N) is 2. The molecule has 208 valence electrons. The molecule has 1 aliphatic rings. The van der Waals surface area contributed by atoms with Crippen molar-refractivity contribution >= 4 is 11.7 Å². The minimum Gasteiger partial charge on any atom is -0.388 e. The molecule has 0 unspecified atom stereocenters. The minimum atomic E-state index is -4.68. The van der Waals surface area contributed by atoms with Gasteiger partial charge in [0, 0.05) is 24.5 Å². The Kier molecular flexibility index (Phi) is 8.73. The molecule has 0 saturated carbocycles. The molecule has 1 saturated heterocycles. The first-order valence-corrected chi connectivity index (χ1v) is 12.3. The SMILES string of the molecule is CC(C)Cc1ccc(-c2ncc(C(=O)NC[C@H]3OC[C@H](Nc4cncc(C(F)(F)F)n4)[C@@H](O)[C@H]3O)cn2)cc1. The second kappa shape index (κ2) is 12.0. The van der Waals surface area contributed by atoms with Gasteiger partial charge >= 0.3 is 6.18 Å². The molecule has 4 atom stereocenters. The highest BCUT2D eigenvalue weighted by Gasteiger charge is 2.39. The van der Waals surface area contributed by atoms with Crippen LogP contribution in [0.3, 0.4) is 0 Å². The lowest BCUT2D eigenvalue weighted by Gasteiger charge is -2.38. The summed E-state index contributed by atoms with van der Waals surface area (Å²) in [4.78, 5) is 28.1. The van der Waals surface area contributed by atoms with Gasteiger partial charge in [-0.3, -0.25) is 9.78 Å². The zero-order chi connectivity index (χ0) is 28.2. The molecule has 1 amide bonds. The summed E-state index contributed by atoms with van der Waals surface area (Å²) in [6.07, 6.45) is -3.09. The molecule has 1 fully saturated rings. The Hall–Kier alpha value is -3.68. The molecular formula is C26H29F3N6O4. The maximum absolute atomic E-state index is 12.9. The number of carbonyl (C=O) groups is 1. The van der Waals surface area contributed by atoms with Gasteiger partial charge < -0.3 is 25.6 Å². The number of hydrogen-bond acceptors (Lipinski definition) is 9. The molecule has 1 aromatic carbocycles. The summed E-state index contributed by atoms with van der Waals surface area (Å²) >= 11 is 0. The highest BCUT2D eigenvalue weighted by atomic mass is 19.4. The smallest absolute Gasteiger partial charge is 0.388 e. The summed E-state index contributed by atoms with van der Waals surface area (Å²) in [5.41, 5.74) is 1.04. The third-order valence-electron chi connectivity index (χ3n) is 6.13. The number of hydrogen-bond donors (Lipinski definition) is 4. The minimum absolute atomic E-state index is 0.133. The lowest BCUT2D eigenvalue weighted by atomic mass is 9.98. The number of ether oxygens (including phenoxy) is 1. The van der Waals surface area contributed by atoms with Gasteiger partial charge in [0.05, 0.1) is 30.6 Å². The number of amides is 1. The normalized spacial score (nSPS) is 21.5. The van der Waals surface area contributed by atoms with E-state index in [9.17, 15) is 28.2 Å². The number of aliphatic hydroxyl groups is 2. The Morgan fingerprint density at radius 1 is 1.08 bits per heavy atom. The predicted octanol–water partition coefficient (Wildman–Crippen LogP) is 2.48. The van der Waals surface area contributed by atoms with Gasteiger partial charge in [0.25, 0.3) is 5.91 Å². The van der Waals surface area contributed by atoms with Gasteiger partial charge in [0.15, 0.2) is 11.5 Å². The quantitative estimate of drug-likeness (QED) is 0.335. The Bertz CT molecular complexity index is 1260. The number of nitrogens with zero attached hydrogens (tertiary/aromatic N) is 4. The number of anilines is 1. The van der Waals surface area contributed by atoms with E-state index in [2.05, 4.69) is 44.4 Å². The van der Waals surface area contributed by atoms with E-state index in [0.717, 1.165) is 18.2 Å². The van der Waals surface area contributed by atoms with Crippen molar-refractivity contribution < 1.29 is 32.9 Å². The van der Waals surface area contributed by atoms with Crippen LogP contribution in [0.1, 0.15) is 35.5 Å². The van der Waals surface area contributed by atoms with Gasteiger partial charge in [-0.1, -0.05) is 38.1 Å². The average Bonchev–Trinajstić information content (AvgIpc) is 2.91. The van der Waals surface area contributed by atoms with Crippen LogP contribution in [0.4, 0.5) is 19.0 Å². The Labute approximate surface area is 222 Å². The van der Waals surface area contributed by atoms with Crippen LogP contribution in [0.2, 0.25) is 0 Å². The number of alkyl halides is 3. The van der Waals surface area contributed by atoms with Crippen molar-refractivity contribution in [2.45, 2.75) is 50.8 Å².